The molecule has 0 fully saturated rings. The Morgan fingerprint density at radius 3 is 1.61 bits per heavy atom. The maximum Gasteiger partial charge on any atom is 0.193 e. The van der Waals surface area contributed by atoms with Gasteiger partial charge in [-0.25, -0.2) is 0 Å². The van der Waals surface area contributed by atoms with E-state index in [4.69, 9.17) is 8.85 Å². The van der Waals surface area contributed by atoms with Crippen LogP contribution in [-0.4, -0.2) is 74.7 Å². The van der Waals surface area contributed by atoms with Gasteiger partial charge in [0.15, 0.2) is 16.6 Å². The fourth-order valence-electron chi connectivity index (χ4n) is 2.10. The van der Waals surface area contributed by atoms with Crippen LogP contribution in [0.1, 0.15) is 41.5 Å². The Kier molecular flexibility index (Phi) is 10.3. The van der Waals surface area contributed by atoms with Crippen molar-refractivity contribution in [1.29, 1.82) is 0 Å². The fourth-order valence-corrected chi connectivity index (χ4v) is 4.66. The first-order valence-electron chi connectivity index (χ1n) is 10.0. The lowest BCUT2D eigenvalue weighted by Crippen LogP contribution is -2.57. The van der Waals surface area contributed by atoms with Gasteiger partial charge in [0.05, 0.1) is 19.3 Å². The maximum absolute atomic E-state index is 10.8. The third kappa shape index (κ3) is 7.64. The van der Waals surface area contributed by atoms with Crippen molar-refractivity contribution < 1.29 is 29.3 Å². The summed E-state index contributed by atoms with van der Waals surface area (Å²) in [5, 5.41) is 39.4. The topological polar surface area (TPSA) is 99.4 Å². The Hall–Kier alpha value is -0.0662. The van der Waals surface area contributed by atoms with E-state index in [-0.39, 0.29) is 16.7 Å². The number of hydrogen-bond donors (Lipinski definition) is 4. The standard InChI is InChI=1S/C20H44O6Si2/c1-19(2,3)27(7,8)25-16(12-11-13-21)18(17(24)15(23)14-22)26-28(9,10)20(4,5)6/h11-12,15-18,21-24H,13-14H2,1-10H3/b12-11+/t15-,16+,17+,18-/m0/s1. The highest BCUT2D eigenvalue weighted by molar-refractivity contribution is 6.74. The highest BCUT2D eigenvalue weighted by Crippen LogP contribution is 2.41. The van der Waals surface area contributed by atoms with Gasteiger partial charge < -0.3 is 29.3 Å². The Balaban J connectivity index is 6.13. The monoisotopic (exact) mass is 436 g/mol. The molecule has 0 aromatic heterocycles. The van der Waals surface area contributed by atoms with Crippen LogP contribution in [0.2, 0.25) is 36.3 Å². The molecule has 0 radical (unpaired) electrons. The van der Waals surface area contributed by atoms with Crippen LogP contribution in [0.4, 0.5) is 0 Å². The van der Waals surface area contributed by atoms with Crippen LogP contribution in [0.15, 0.2) is 12.2 Å². The van der Waals surface area contributed by atoms with Crippen LogP contribution in [0, 0.1) is 0 Å². The molecule has 0 aliphatic heterocycles. The molecule has 0 heterocycles. The molecule has 0 aliphatic carbocycles. The van der Waals surface area contributed by atoms with Gasteiger partial charge in [-0.1, -0.05) is 53.7 Å². The molecule has 0 bridgehead atoms. The molecule has 0 aliphatic rings. The van der Waals surface area contributed by atoms with E-state index in [1.54, 1.807) is 12.2 Å². The summed E-state index contributed by atoms with van der Waals surface area (Å²) in [7, 11) is -4.57. The zero-order valence-corrected chi connectivity index (χ0v) is 21.5. The third-order valence-corrected chi connectivity index (χ3v) is 15.1. The van der Waals surface area contributed by atoms with Gasteiger partial charge in [-0.2, -0.15) is 0 Å². The third-order valence-electron chi connectivity index (χ3n) is 6.15. The molecule has 6 nitrogen and oxygen atoms in total. The average molecular weight is 437 g/mol. The minimum Gasteiger partial charge on any atom is -0.408 e. The van der Waals surface area contributed by atoms with Gasteiger partial charge in [-0.05, 0) is 36.3 Å². The molecule has 4 N–H and O–H groups in total. The molecule has 0 rings (SSSR count). The van der Waals surface area contributed by atoms with Gasteiger partial charge in [0.25, 0.3) is 0 Å². The molecule has 0 aromatic rings. The number of rotatable bonds is 10. The van der Waals surface area contributed by atoms with Crippen LogP contribution < -0.4 is 0 Å². The summed E-state index contributed by atoms with van der Waals surface area (Å²) in [6.07, 6.45) is -0.915. The molecular formula is C20H44O6Si2. The molecular weight excluding hydrogens is 392 g/mol. The van der Waals surface area contributed by atoms with Crippen molar-refractivity contribution in [1.82, 2.24) is 0 Å². The van der Waals surface area contributed by atoms with E-state index in [2.05, 4.69) is 67.7 Å². The maximum atomic E-state index is 10.8. The van der Waals surface area contributed by atoms with Crippen LogP contribution in [0.5, 0.6) is 0 Å². The minimum atomic E-state index is -2.33. The predicted octanol–water partition coefficient (Wildman–Crippen LogP) is 3.03. The summed E-state index contributed by atoms with van der Waals surface area (Å²) in [4.78, 5) is 0. The first-order chi connectivity index (χ1) is 12.4. The highest BCUT2D eigenvalue weighted by atomic mass is 28.4. The van der Waals surface area contributed by atoms with Crippen LogP contribution >= 0.6 is 0 Å². The molecule has 0 unspecified atom stereocenters. The van der Waals surface area contributed by atoms with Crippen molar-refractivity contribution in [2.45, 2.75) is 102 Å². The highest BCUT2D eigenvalue weighted by Gasteiger charge is 2.46. The summed E-state index contributed by atoms with van der Waals surface area (Å²) in [6.45, 7) is 20.2. The second kappa shape index (κ2) is 10.3. The lowest BCUT2D eigenvalue weighted by molar-refractivity contribution is -0.0964. The van der Waals surface area contributed by atoms with Crippen molar-refractivity contribution in [3.8, 4) is 0 Å². The van der Waals surface area contributed by atoms with Gasteiger partial charge in [0, 0.05) is 0 Å². The first-order valence-corrected chi connectivity index (χ1v) is 15.8. The van der Waals surface area contributed by atoms with Gasteiger partial charge in [0.1, 0.15) is 18.3 Å². The Labute approximate surface area is 173 Å². The predicted molar refractivity (Wildman–Crippen MR) is 119 cm³/mol. The van der Waals surface area contributed by atoms with Crippen molar-refractivity contribution in [3.05, 3.63) is 12.2 Å². The molecule has 4 atom stereocenters. The van der Waals surface area contributed by atoms with E-state index >= 15 is 0 Å². The number of aliphatic hydroxyl groups is 4. The first kappa shape index (κ1) is 27.9. The molecule has 0 amide bonds. The second-order valence-corrected chi connectivity index (χ2v) is 20.0. The van der Waals surface area contributed by atoms with Crippen LogP contribution in [0.3, 0.4) is 0 Å². The summed E-state index contributed by atoms with van der Waals surface area (Å²) in [5.41, 5.74) is 0. The summed E-state index contributed by atoms with van der Waals surface area (Å²) < 4.78 is 13.0. The van der Waals surface area contributed by atoms with Gasteiger partial charge in [-0.3, -0.25) is 0 Å². The Morgan fingerprint density at radius 1 is 0.821 bits per heavy atom. The largest absolute Gasteiger partial charge is 0.408 e. The smallest absolute Gasteiger partial charge is 0.193 e. The molecule has 0 spiro atoms. The molecule has 8 heteroatoms. The van der Waals surface area contributed by atoms with E-state index in [1.165, 1.54) is 0 Å². The Bertz CT molecular complexity index is 494. The van der Waals surface area contributed by atoms with Gasteiger partial charge >= 0.3 is 0 Å². The second-order valence-electron chi connectivity index (χ2n) is 10.5. The van der Waals surface area contributed by atoms with E-state index in [0.29, 0.717) is 0 Å². The number of hydrogen-bond acceptors (Lipinski definition) is 6. The lowest BCUT2D eigenvalue weighted by atomic mass is 10.0. The Morgan fingerprint density at radius 2 is 1.25 bits per heavy atom. The zero-order chi connectivity index (χ0) is 22.6. The van der Waals surface area contributed by atoms with E-state index in [0.717, 1.165) is 0 Å². The minimum absolute atomic E-state index is 0.0691. The quantitative estimate of drug-likeness (QED) is 0.310. The van der Waals surface area contributed by atoms with E-state index in [9.17, 15) is 20.4 Å². The SMILES string of the molecule is CC(C)(C)[Si](C)(C)O[C@H]([C@H](O)[C@@H](O)CO)[C@@H](/C=C/CO)O[Si](C)(C)C(C)(C)C. The zero-order valence-electron chi connectivity index (χ0n) is 19.5. The molecule has 28 heavy (non-hydrogen) atoms. The lowest BCUT2D eigenvalue weighted by Gasteiger charge is -2.46. The molecule has 0 aromatic carbocycles. The molecule has 0 saturated heterocycles. The van der Waals surface area contributed by atoms with Crippen molar-refractivity contribution in [2.24, 2.45) is 0 Å². The van der Waals surface area contributed by atoms with Gasteiger partial charge in [0.2, 0.25) is 0 Å². The van der Waals surface area contributed by atoms with Crippen LogP contribution in [-0.2, 0) is 8.85 Å². The van der Waals surface area contributed by atoms with Crippen molar-refractivity contribution in [3.63, 3.8) is 0 Å². The van der Waals surface area contributed by atoms with Crippen LogP contribution in [0.25, 0.3) is 0 Å². The van der Waals surface area contributed by atoms with Crippen molar-refractivity contribution >= 4 is 16.6 Å². The molecule has 168 valence electrons. The summed E-state index contributed by atoms with van der Waals surface area (Å²) >= 11 is 0. The van der Waals surface area contributed by atoms with E-state index < -0.39 is 47.7 Å². The van der Waals surface area contributed by atoms with Gasteiger partial charge in [-0.15, -0.1) is 0 Å². The average Bonchev–Trinajstić information content (AvgIpc) is 2.52. The van der Waals surface area contributed by atoms with E-state index in [1.807, 2.05) is 0 Å². The fraction of sp³-hybridized carbons (Fsp3) is 0.900. The number of aliphatic hydroxyl groups excluding tert-OH is 4. The normalized spacial score (nSPS) is 18.9. The summed E-state index contributed by atoms with van der Waals surface area (Å²) in [5.74, 6) is 0. The summed E-state index contributed by atoms with van der Waals surface area (Å²) in [6, 6.07) is 0. The molecule has 0 saturated carbocycles. The van der Waals surface area contributed by atoms with Crippen molar-refractivity contribution in [2.75, 3.05) is 13.2 Å².